The van der Waals surface area contributed by atoms with E-state index in [1.807, 2.05) is 32.0 Å². The van der Waals surface area contributed by atoms with Gasteiger partial charge in [0.1, 0.15) is 11.6 Å². The number of amides is 1. The van der Waals surface area contributed by atoms with E-state index in [4.69, 9.17) is 15.6 Å². The number of carbonyl (C=O) groups is 1. The summed E-state index contributed by atoms with van der Waals surface area (Å²) >= 11 is 0. The van der Waals surface area contributed by atoms with Gasteiger partial charge in [-0.15, -0.1) is 0 Å². The Morgan fingerprint density at radius 3 is 2.73 bits per heavy atom. The molecule has 1 aliphatic rings. The van der Waals surface area contributed by atoms with Crippen molar-refractivity contribution in [1.82, 2.24) is 14.8 Å². The molecule has 0 bridgehead atoms. The lowest BCUT2D eigenvalue weighted by Crippen LogP contribution is -2.15. The zero-order chi connectivity index (χ0) is 21.1. The van der Waals surface area contributed by atoms with Crippen LogP contribution >= 0.6 is 0 Å². The van der Waals surface area contributed by atoms with Gasteiger partial charge >= 0.3 is 0 Å². The van der Waals surface area contributed by atoms with Crippen molar-refractivity contribution in [2.45, 2.75) is 52.0 Å². The zero-order valence-electron chi connectivity index (χ0n) is 17.4. The SMILES string of the molecule is Cc1nn(C2CCCCC2)c(Oc2ccnc(Nc3cccc(C(N)=O)c3)c2)c1C. The number of hydrogen-bond acceptors (Lipinski definition) is 5. The van der Waals surface area contributed by atoms with Gasteiger partial charge in [-0.3, -0.25) is 4.79 Å². The highest BCUT2D eigenvalue weighted by molar-refractivity contribution is 5.93. The Balaban J connectivity index is 1.57. The normalized spacial score (nSPS) is 14.5. The number of benzene rings is 1. The fraction of sp³-hybridized carbons (Fsp3) is 0.348. The molecular weight excluding hydrogens is 378 g/mol. The van der Waals surface area contributed by atoms with E-state index in [0.29, 0.717) is 23.2 Å². The molecule has 1 saturated carbocycles. The standard InChI is InChI=1S/C23H27N5O2/c1-15-16(2)27-28(19-9-4-3-5-10-19)23(15)30-20-11-12-25-21(14-20)26-18-8-6-7-17(13-18)22(24)29/h6-8,11-14,19H,3-5,9-10H2,1-2H3,(H2,24,29)(H,25,26). The Morgan fingerprint density at radius 2 is 1.97 bits per heavy atom. The second-order valence-electron chi connectivity index (χ2n) is 7.80. The number of aromatic nitrogens is 3. The summed E-state index contributed by atoms with van der Waals surface area (Å²) in [6, 6.07) is 11.1. The topological polar surface area (TPSA) is 95.1 Å². The lowest BCUT2D eigenvalue weighted by atomic mass is 9.96. The van der Waals surface area contributed by atoms with Crippen LogP contribution in [-0.2, 0) is 0 Å². The van der Waals surface area contributed by atoms with Gasteiger partial charge in [-0.1, -0.05) is 25.3 Å². The van der Waals surface area contributed by atoms with Crippen molar-refractivity contribution < 1.29 is 9.53 Å². The van der Waals surface area contributed by atoms with Crippen molar-refractivity contribution in [2.75, 3.05) is 5.32 Å². The number of aryl methyl sites for hydroxylation is 1. The third-order valence-electron chi connectivity index (χ3n) is 5.62. The summed E-state index contributed by atoms with van der Waals surface area (Å²) in [7, 11) is 0. The Labute approximate surface area is 176 Å². The molecule has 2 heterocycles. The van der Waals surface area contributed by atoms with Gasteiger partial charge in [-0.2, -0.15) is 5.10 Å². The van der Waals surface area contributed by atoms with Crippen LogP contribution in [0.5, 0.6) is 11.6 Å². The Hall–Kier alpha value is -3.35. The molecular formula is C23H27N5O2. The highest BCUT2D eigenvalue weighted by Gasteiger charge is 2.23. The van der Waals surface area contributed by atoms with Gasteiger partial charge < -0.3 is 15.8 Å². The average Bonchev–Trinajstić information content (AvgIpc) is 3.03. The number of pyridine rings is 1. The van der Waals surface area contributed by atoms with Crippen molar-refractivity contribution in [2.24, 2.45) is 5.73 Å². The molecule has 0 saturated heterocycles. The first-order chi connectivity index (χ1) is 14.5. The number of primary amides is 1. The van der Waals surface area contributed by atoms with Crippen LogP contribution in [0.2, 0.25) is 0 Å². The van der Waals surface area contributed by atoms with Crippen LogP contribution in [0.15, 0.2) is 42.6 Å². The highest BCUT2D eigenvalue weighted by atomic mass is 16.5. The Kier molecular flexibility index (Phi) is 5.70. The first-order valence-electron chi connectivity index (χ1n) is 10.4. The predicted octanol–water partition coefficient (Wildman–Crippen LogP) is 5.03. The molecule has 0 unspecified atom stereocenters. The molecule has 1 fully saturated rings. The summed E-state index contributed by atoms with van der Waals surface area (Å²) in [5.41, 5.74) is 8.59. The molecule has 1 aromatic carbocycles. The number of ether oxygens (including phenoxy) is 1. The molecule has 0 spiro atoms. The lowest BCUT2D eigenvalue weighted by molar-refractivity contribution is 0.100. The third-order valence-corrected chi connectivity index (χ3v) is 5.62. The zero-order valence-corrected chi connectivity index (χ0v) is 17.4. The van der Waals surface area contributed by atoms with Crippen LogP contribution in [-0.4, -0.2) is 20.7 Å². The van der Waals surface area contributed by atoms with Gasteiger partial charge in [0.15, 0.2) is 0 Å². The molecule has 0 atom stereocenters. The van der Waals surface area contributed by atoms with E-state index in [-0.39, 0.29) is 0 Å². The van der Waals surface area contributed by atoms with Crippen LogP contribution in [0, 0.1) is 13.8 Å². The number of rotatable bonds is 6. The fourth-order valence-electron chi connectivity index (χ4n) is 3.86. The Morgan fingerprint density at radius 1 is 1.17 bits per heavy atom. The third kappa shape index (κ3) is 4.30. The monoisotopic (exact) mass is 405 g/mol. The number of nitrogens with one attached hydrogen (secondary N) is 1. The summed E-state index contributed by atoms with van der Waals surface area (Å²) in [5.74, 6) is 1.63. The second kappa shape index (κ2) is 8.57. The van der Waals surface area contributed by atoms with Crippen molar-refractivity contribution in [1.29, 1.82) is 0 Å². The van der Waals surface area contributed by atoms with Crippen molar-refractivity contribution >= 4 is 17.4 Å². The van der Waals surface area contributed by atoms with E-state index in [1.54, 1.807) is 24.4 Å². The number of carbonyl (C=O) groups excluding carboxylic acids is 1. The molecule has 7 heteroatoms. The quantitative estimate of drug-likeness (QED) is 0.599. The molecule has 2 aromatic heterocycles. The van der Waals surface area contributed by atoms with E-state index in [1.165, 1.54) is 19.3 Å². The maximum absolute atomic E-state index is 11.4. The number of nitrogens with zero attached hydrogens (tertiary/aromatic N) is 3. The highest BCUT2D eigenvalue weighted by Crippen LogP contribution is 2.36. The van der Waals surface area contributed by atoms with Crippen LogP contribution in [0.3, 0.4) is 0 Å². The van der Waals surface area contributed by atoms with E-state index in [0.717, 1.165) is 35.7 Å². The summed E-state index contributed by atoms with van der Waals surface area (Å²) in [5, 5.41) is 7.96. The van der Waals surface area contributed by atoms with Crippen molar-refractivity contribution in [3.63, 3.8) is 0 Å². The molecule has 156 valence electrons. The summed E-state index contributed by atoms with van der Waals surface area (Å²) in [6.45, 7) is 4.07. The molecule has 4 rings (SSSR count). The summed E-state index contributed by atoms with van der Waals surface area (Å²) in [4.78, 5) is 15.8. The smallest absolute Gasteiger partial charge is 0.248 e. The molecule has 1 aliphatic carbocycles. The molecule has 0 radical (unpaired) electrons. The van der Waals surface area contributed by atoms with E-state index in [2.05, 4.69) is 15.0 Å². The van der Waals surface area contributed by atoms with Crippen LogP contribution in [0.1, 0.15) is 59.8 Å². The molecule has 30 heavy (non-hydrogen) atoms. The Bertz CT molecular complexity index is 1050. The van der Waals surface area contributed by atoms with Gasteiger partial charge in [0.2, 0.25) is 11.8 Å². The van der Waals surface area contributed by atoms with E-state index < -0.39 is 5.91 Å². The maximum atomic E-state index is 11.4. The first kappa shape index (κ1) is 19.9. The summed E-state index contributed by atoms with van der Waals surface area (Å²) in [6.07, 6.45) is 7.72. The minimum atomic E-state index is -0.467. The lowest BCUT2D eigenvalue weighted by Gasteiger charge is -2.23. The van der Waals surface area contributed by atoms with E-state index in [9.17, 15) is 4.79 Å². The van der Waals surface area contributed by atoms with E-state index >= 15 is 0 Å². The molecule has 3 N–H and O–H groups in total. The predicted molar refractivity (Wildman–Crippen MR) is 116 cm³/mol. The van der Waals surface area contributed by atoms with Gasteiger partial charge in [0, 0.05) is 29.1 Å². The van der Waals surface area contributed by atoms with Gasteiger partial charge in [-0.05, 0) is 51.0 Å². The molecule has 1 amide bonds. The van der Waals surface area contributed by atoms with Crippen LogP contribution < -0.4 is 15.8 Å². The van der Waals surface area contributed by atoms with Gasteiger partial charge in [0.05, 0.1) is 11.7 Å². The van der Waals surface area contributed by atoms with Gasteiger partial charge in [-0.25, -0.2) is 9.67 Å². The minimum Gasteiger partial charge on any atom is -0.439 e. The largest absolute Gasteiger partial charge is 0.439 e. The summed E-state index contributed by atoms with van der Waals surface area (Å²) < 4.78 is 8.36. The molecule has 3 aromatic rings. The second-order valence-corrected chi connectivity index (χ2v) is 7.80. The number of nitrogens with two attached hydrogens (primary N) is 1. The first-order valence-corrected chi connectivity index (χ1v) is 10.4. The minimum absolute atomic E-state index is 0.386. The molecule has 0 aliphatic heterocycles. The van der Waals surface area contributed by atoms with Gasteiger partial charge in [0.25, 0.3) is 0 Å². The number of anilines is 2. The average molecular weight is 406 g/mol. The van der Waals surface area contributed by atoms with Crippen LogP contribution in [0.25, 0.3) is 0 Å². The van der Waals surface area contributed by atoms with Crippen LogP contribution in [0.4, 0.5) is 11.5 Å². The fourth-order valence-corrected chi connectivity index (χ4v) is 3.86. The number of hydrogen-bond donors (Lipinski definition) is 2. The maximum Gasteiger partial charge on any atom is 0.248 e. The molecule has 7 nitrogen and oxygen atoms in total. The van der Waals surface area contributed by atoms with Crippen molar-refractivity contribution in [3.05, 3.63) is 59.4 Å². The van der Waals surface area contributed by atoms with Crippen molar-refractivity contribution in [3.8, 4) is 11.6 Å².